The lowest BCUT2D eigenvalue weighted by Crippen LogP contribution is -2.12. The third-order valence-electron chi connectivity index (χ3n) is 2.50. The average molecular weight is 269 g/mol. The van der Waals surface area contributed by atoms with Crippen LogP contribution in [-0.2, 0) is 6.54 Å². The number of nitrogens with zero attached hydrogens (tertiary/aromatic N) is 2. The third-order valence-corrected chi connectivity index (χ3v) is 3.13. The van der Waals surface area contributed by atoms with E-state index >= 15 is 0 Å². The third kappa shape index (κ3) is 2.68. The highest BCUT2D eigenvalue weighted by Gasteiger charge is 2.10. The van der Waals surface area contributed by atoms with Crippen molar-refractivity contribution in [1.82, 2.24) is 9.78 Å². The fourth-order valence-electron chi connectivity index (χ4n) is 1.45. The van der Waals surface area contributed by atoms with Gasteiger partial charge in [-0.1, -0.05) is 23.2 Å². The van der Waals surface area contributed by atoms with Gasteiger partial charge in [0.15, 0.2) is 5.78 Å². The van der Waals surface area contributed by atoms with Crippen molar-refractivity contribution in [3.8, 4) is 0 Å². The minimum absolute atomic E-state index is 0.0236. The molecule has 0 atom stereocenters. The summed E-state index contributed by atoms with van der Waals surface area (Å²) in [5.41, 5.74) is 1.40. The molecule has 88 valence electrons. The normalized spacial score (nSPS) is 10.5. The summed E-state index contributed by atoms with van der Waals surface area (Å²) in [4.78, 5) is 11.9. The van der Waals surface area contributed by atoms with Crippen LogP contribution in [-0.4, -0.2) is 15.6 Å². The quantitative estimate of drug-likeness (QED) is 0.800. The van der Waals surface area contributed by atoms with Gasteiger partial charge in [0.2, 0.25) is 0 Å². The molecule has 0 spiro atoms. The average Bonchev–Trinajstić information content (AvgIpc) is 2.62. The van der Waals surface area contributed by atoms with Crippen molar-refractivity contribution in [1.29, 1.82) is 0 Å². The van der Waals surface area contributed by atoms with E-state index < -0.39 is 0 Å². The molecular weight excluding hydrogens is 259 g/mol. The smallest absolute Gasteiger partial charge is 0.184 e. The molecule has 3 nitrogen and oxygen atoms in total. The van der Waals surface area contributed by atoms with Crippen LogP contribution in [0.4, 0.5) is 0 Å². The number of hydrogen-bond acceptors (Lipinski definition) is 2. The lowest BCUT2D eigenvalue weighted by molar-refractivity contribution is 0.0967. The standard InChI is InChI=1S/C12H10Cl2N2O/c1-8-11(14)6-15-16(8)7-12(17)9-2-4-10(13)5-3-9/h2-6H,7H2,1H3. The summed E-state index contributed by atoms with van der Waals surface area (Å²) in [6.45, 7) is 2.00. The Morgan fingerprint density at radius 1 is 1.29 bits per heavy atom. The summed E-state index contributed by atoms with van der Waals surface area (Å²) < 4.78 is 1.58. The Morgan fingerprint density at radius 3 is 2.47 bits per heavy atom. The zero-order valence-corrected chi connectivity index (χ0v) is 10.7. The molecule has 5 heteroatoms. The summed E-state index contributed by atoms with van der Waals surface area (Å²) in [6, 6.07) is 6.78. The van der Waals surface area contributed by atoms with E-state index in [1.807, 2.05) is 6.92 Å². The number of halogens is 2. The Bertz CT molecular complexity index is 546. The zero-order valence-electron chi connectivity index (χ0n) is 9.15. The number of carbonyl (C=O) groups is 1. The molecule has 1 aromatic carbocycles. The van der Waals surface area contributed by atoms with Gasteiger partial charge < -0.3 is 0 Å². The van der Waals surface area contributed by atoms with Crippen LogP contribution in [0.1, 0.15) is 16.1 Å². The van der Waals surface area contributed by atoms with E-state index in [1.54, 1.807) is 28.9 Å². The number of rotatable bonds is 3. The number of aromatic nitrogens is 2. The fourth-order valence-corrected chi connectivity index (χ4v) is 1.71. The Hall–Kier alpha value is -1.32. The van der Waals surface area contributed by atoms with Crippen molar-refractivity contribution in [2.45, 2.75) is 13.5 Å². The number of benzene rings is 1. The van der Waals surface area contributed by atoms with Crippen molar-refractivity contribution in [2.24, 2.45) is 0 Å². The van der Waals surface area contributed by atoms with E-state index in [-0.39, 0.29) is 12.3 Å². The molecule has 1 aromatic heterocycles. The van der Waals surface area contributed by atoms with Crippen LogP contribution in [0.25, 0.3) is 0 Å². The van der Waals surface area contributed by atoms with E-state index in [0.717, 1.165) is 5.69 Å². The van der Waals surface area contributed by atoms with E-state index in [0.29, 0.717) is 15.6 Å². The molecule has 17 heavy (non-hydrogen) atoms. The molecule has 1 heterocycles. The van der Waals surface area contributed by atoms with E-state index in [1.165, 1.54) is 6.20 Å². The van der Waals surface area contributed by atoms with Crippen LogP contribution < -0.4 is 0 Å². The van der Waals surface area contributed by atoms with Gasteiger partial charge in [-0.05, 0) is 31.2 Å². The summed E-state index contributed by atoms with van der Waals surface area (Å²) in [6.07, 6.45) is 1.53. The van der Waals surface area contributed by atoms with Gasteiger partial charge in [0.05, 0.1) is 16.9 Å². The van der Waals surface area contributed by atoms with E-state index in [9.17, 15) is 4.79 Å². The van der Waals surface area contributed by atoms with Gasteiger partial charge in [-0.25, -0.2) is 0 Å². The van der Waals surface area contributed by atoms with Gasteiger partial charge in [0.25, 0.3) is 0 Å². The summed E-state index contributed by atoms with van der Waals surface area (Å²) in [5.74, 6) is -0.0236. The summed E-state index contributed by atoms with van der Waals surface area (Å²) in [7, 11) is 0. The van der Waals surface area contributed by atoms with Crippen molar-refractivity contribution in [2.75, 3.05) is 0 Å². The molecule has 0 fully saturated rings. The van der Waals surface area contributed by atoms with Crippen LogP contribution in [0.3, 0.4) is 0 Å². The Kier molecular flexibility index (Phi) is 3.50. The van der Waals surface area contributed by atoms with E-state index in [4.69, 9.17) is 23.2 Å². The first kappa shape index (κ1) is 12.1. The van der Waals surface area contributed by atoms with Gasteiger partial charge in [0, 0.05) is 10.6 Å². The Balaban J connectivity index is 2.17. The van der Waals surface area contributed by atoms with Crippen molar-refractivity contribution in [3.05, 3.63) is 51.8 Å². The topological polar surface area (TPSA) is 34.9 Å². The largest absolute Gasteiger partial charge is 0.292 e. The van der Waals surface area contributed by atoms with Crippen LogP contribution in [0.15, 0.2) is 30.5 Å². The number of hydrogen-bond donors (Lipinski definition) is 0. The Morgan fingerprint density at radius 2 is 1.94 bits per heavy atom. The van der Waals surface area contributed by atoms with Crippen LogP contribution >= 0.6 is 23.2 Å². The second-order valence-corrected chi connectivity index (χ2v) is 4.51. The van der Waals surface area contributed by atoms with Crippen molar-refractivity contribution >= 4 is 29.0 Å². The SMILES string of the molecule is Cc1c(Cl)cnn1CC(=O)c1ccc(Cl)cc1. The van der Waals surface area contributed by atoms with Crippen LogP contribution in [0.2, 0.25) is 10.0 Å². The molecule has 2 aromatic rings. The lowest BCUT2D eigenvalue weighted by atomic mass is 10.1. The first-order valence-electron chi connectivity index (χ1n) is 5.04. The van der Waals surface area contributed by atoms with Gasteiger partial charge in [-0.2, -0.15) is 5.10 Å². The number of ketones is 1. The molecule has 0 radical (unpaired) electrons. The molecule has 0 bridgehead atoms. The Labute approximate surface area is 109 Å². The molecule has 0 saturated heterocycles. The van der Waals surface area contributed by atoms with Crippen LogP contribution in [0.5, 0.6) is 0 Å². The predicted octanol–water partition coefficient (Wildman–Crippen LogP) is 3.38. The number of carbonyl (C=O) groups excluding carboxylic acids is 1. The highest BCUT2D eigenvalue weighted by molar-refractivity contribution is 6.31. The van der Waals surface area contributed by atoms with Crippen molar-refractivity contribution < 1.29 is 4.79 Å². The molecule has 0 aliphatic carbocycles. The minimum Gasteiger partial charge on any atom is -0.292 e. The molecule has 0 saturated carbocycles. The molecule has 0 N–H and O–H groups in total. The monoisotopic (exact) mass is 268 g/mol. The predicted molar refractivity (Wildman–Crippen MR) is 67.8 cm³/mol. The maximum atomic E-state index is 11.9. The second-order valence-electron chi connectivity index (χ2n) is 3.67. The molecule has 0 unspecified atom stereocenters. The molecule has 2 rings (SSSR count). The van der Waals surface area contributed by atoms with Gasteiger partial charge >= 0.3 is 0 Å². The van der Waals surface area contributed by atoms with E-state index in [2.05, 4.69) is 5.10 Å². The minimum atomic E-state index is -0.0236. The van der Waals surface area contributed by atoms with Gasteiger partial charge in [0.1, 0.15) is 6.54 Å². The molecule has 0 aliphatic heterocycles. The maximum absolute atomic E-state index is 11.9. The summed E-state index contributed by atoms with van der Waals surface area (Å²) >= 11 is 11.6. The first-order chi connectivity index (χ1) is 8.08. The number of Topliss-reactive ketones (excluding diaryl/α,β-unsaturated/α-hetero) is 1. The summed E-state index contributed by atoms with van der Waals surface area (Å²) in [5, 5.41) is 5.21. The highest BCUT2D eigenvalue weighted by atomic mass is 35.5. The molecule has 0 amide bonds. The highest BCUT2D eigenvalue weighted by Crippen LogP contribution is 2.15. The lowest BCUT2D eigenvalue weighted by Gasteiger charge is -2.04. The van der Waals surface area contributed by atoms with Gasteiger partial charge in [-0.3, -0.25) is 9.48 Å². The van der Waals surface area contributed by atoms with Gasteiger partial charge in [-0.15, -0.1) is 0 Å². The first-order valence-corrected chi connectivity index (χ1v) is 5.80. The zero-order chi connectivity index (χ0) is 12.4. The second kappa shape index (κ2) is 4.90. The van der Waals surface area contributed by atoms with Crippen LogP contribution in [0, 0.1) is 6.92 Å². The maximum Gasteiger partial charge on any atom is 0.184 e. The fraction of sp³-hybridized carbons (Fsp3) is 0.167. The van der Waals surface area contributed by atoms with Crippen molar-refractivity contribution in [3.63, 3.8) is 0 Å². The molecular formula is C12H10Cl2N2O. The molecule has 0 aliphatic rings.